The Labute approximate surface area is 155 Å². The molecule has 2 rings (SSSR count). The van der Waals surface area contributed by atoms with Crippen LogP contribution >= 0.6 is 0 Å². The molecule has 0 aromatic carbocycles. The molecule has 1 atom stereocenters. The van der Waals surface area contributed by atoms with Gasteiger partial charge in [-0.3, -0.25) is 0 Å². The van der Waals surface area contributed by atoms with Crippen molar-refractivity contribution in [3.8, 4) is 0 Å². The summed E-state index contributed by atoms with van der Waals surface area (Å²) < 4.78 is 18.1. The van der Waals surface area contributed by atoms with Gasteiger partial charge in [-0.25, -0.2) is 0 Å². The molecule has 0 radical (unpaired) electrons. The fourth-order valence-corrected chi connectivity index (χ4v) is 4.36. The van der Waals surface area contributed by atoms with Gasteiger partial charge in [-0.1, -0.05) is 20.8 Å². The summed E-state index contributed by atoms with van der Waals surface area (Å²) >= 11 is 0. The molecule has 2 fully saturated rings. The molecule has 2 aliphatic rings. The second-order valence-corrected chi connectivity index (χ2v) is 8.36. The van der Waals surface area contributed by atoms with Crippen molar-refractivity contribution in [2.75, 3.05) is 39.5 Å². The molecule has 148 valence electrons. The van der Waals surface area contributed by atoms with Gasteiger partial charge in [0.1, 0.15) is 0 Å². The highest BCUT2D eigenvalue weighted by atomic mass is 16.7. The van der Waals surface area contributed by atoms with Gasteiger partial charge in [0, 0.05) is 32.5 Å². The lowest BCUT2D eigenvalue weighted by atomic mass is 9.81. The molecule has 0 bridgehead atoms. The highest BCUT2D eigenvalue weighted by Gasteiger charge is 2.43. The molecular formula is C21H41NO3. The van der Waals surface area contributed by atoms with Crippen LogP contribution in [0.5, 0.6) is 0 Å². The number of hydrogen-bond acceptors (Lipinski definition) is 4. The van der Waals surface area contributed by atoms with E-state index in [1.807, 2.05) is 0 Å². The Morgan fingerprint density at radius 1 is 1.12 bits per heavy atom. The van der Waals surface area contributed by atoms with Crippen molar-refractivity contribution in [3.05, 3.63) is 0 Å². The summed E-state index contributed by atoms with van der Waals surface area (Å²) in [5.41, 5.74) is 0. The third kappa shape index (κ3) is 7.16. The zero-order valence-electron chi connectivity index (χ0n) is 17.1. The molecule has 25 heavy (non-hydrogen) atoms. The van der Waals surface area contributed by atoms with Crippen LogP contribution in [-0.4, -0.2) is 56.2 Å². The Morgan fingerprint density at radius 2 is 1.88 bits per heavy atom. The minimum atomic E-state index is -0.251. The third-order valence-corrected chi connectivity index (χ3v) is 5.65. The van der Waals surface area contributed by atoms with Crippen molar-refractivity contribution in [1.29, 1.82) is 0 Å². The highest BCUT2D eigenvalue weighted by molar-refractivity contribution is 4.86. The van der Waals surface area contributed by atoms with E-state index in [4.69, 9.17) is 14.2 Å². The van der Waals surface area contributed by atoms with Crippen LogP contribution in [0, 0.1) is 11.8 Å². The monoisotopic (exact) mass is 355 g/mol. The molecule has 1 spiro atoms. The van der Waals surface area contributed by atoms with Gasteiger partial charge in [-0.15, -0.1) is 0 Å². The van der Waals surface area contributed by atoms with Gasteiger partial charge in [0.15, 0.2) is 5.79 Å². The molecule has 1 aliphatic carbocycles. The molecule has 0 aromatic rings. The van der Waals surface area contributed by atoms with Crippen LogP contribution in [0.2, 0.25) is 0 Å². The average molecular weight is 356 g/mol. The first-order valence-electron chi connectivity index (χ1n) is 10.7. The van der Waals surface area contributed by atoms with Gasteiger partial charge in [-0.2, -0.15) is 0 Å². The van der Waals surface area contributed by atoms with Crippen molar-refractivity contribution in [1.82, 2.24) is 4.90 Å². The van der Waals surface area contributed by atoms with Gasteiger partial charge in [0.25, 0.3) is 0 Å². The van der Waals surface area contributed by atoms with E-state index < -0.39 is 0 Å². The minimum absolute atomic E-state index is 0.251. The van der Waals surface area contributed by atoms with Crippen molar-refractivity contribution < 1.29 is 14.2 Å². The standard InChI is InChI=1S/C21H41NO3/c1-5-12-22(14-15-23-6-2)13-9-20-17-24-21(25-20)10-7-19(8-11-21)16-18(3)4/h18-20H,5-17H2,1-4H3/t19?,20-,21?/m0/s1. The molecule has 4 heteroatoms. The van der Waals surface area contributed by atoms with E-state index in [9.17, 15) is 0 Å². The van der Waals surface area contributed by atoms with Gasteiger partial charge in [0.05, 0.1) is 19.3 Å². The molecule has 0 N–H and O–H groups in total. The topological polar surface area (TPSA) is 30.9 Å². The van der Waals surface area contributed by atoms with Crippen molar-refractivity contribution in [2.24, 2.45) is 11.8 Å². The Balaban J connectivity index is 1.69. The van der Waals surface area contributed by atoms with Crippen LogP contribution in [0.1, 0.15) is 72.6 Å². The normalized spacial score (nSPS) is 30.0. The number of ether oxygens (including phenoxy) is 3. The predicted octanol–water partition coefficient (Wildman–Crippen LogP) is 4.47. The van der Waals surface area contributed by atoms with Crippen LogP contribution in [-0.2, 0) is 14.2 Å². The quantitative estimate of drug-likeness (QED) is 0.512. The third-order valence-electron chi connectivity index (χ3n) is 5.65. The van der Waals surface area contributed by atoms with Crippen LogP contribution in [0.3, 0.4) is 0 Å². The SMILES string of the molecule is CCCN(CCOCC)CC[C@H]1COC2(CCC(CC(C)C)CC2)O1. The lowest BCUT2D eigenvalue weighted by Crippen LogP contribution is -2.37. The van der Waals surface area contributed by atoms with E-state index in [-0.39, 0.29) is 11.9 Å². The number of rotatable bonds is 11. The van der Waals surface area contributed by atoms with Crippen LogP contribution in [0.15, 0.2) is 0 Å². The van der Waals surface area contributed by atoms with E-state index in [0.717, 1.165) is 70.6 Å². The van der Waals surface area contributed by atoms with Crippen molar-refractivity contribution in [2.45, 2.75) is 84.5 Å². The largest absolute Gasteiger partial charge is 0.380 e. The van der Waals surface area contributed by atoms with Crippen molar-refractivity contribution in [3.63, 3.8) is 0 Å². The molecule has 4 nitrogen and oxygen atoms in total. The lowest BCUT2D eigenvalue weighted by Gasteiger charge is -2.36. The summed E-state index contributed by atoms with van der Waals surface area (Å²) in [7, 11) is 0. The molecule has 0 unspecified atom stereocenters. The van der Waals surface area contributed by atoms with Crippen LogP contribution in [0.25, 0.3) is 0 Å². The minimum Gasteiger partial charge on any atom is -0.380 e. The lowest BCUT2D eigenvalue weighted by molar-refractivity contribution is -0.193. The zero-order chi connectivity index (χ0) is 18.1. The van der Waals surface area contributed by atoms with Gasteiger partial charge in [-0.05, 0) is 57.4 Å². The first kappa shape index (κ1) is 21.1. The first-order chi connectivity index (χ1) is 12.1. The first-order valence-corrected chi connectivity index (χ1v) is 10.7. The molecule has 1 saturated heterocycles. The van der Waals surface area contributed by atoms with Gasteiger partial charge < -0.3 is 19.1 Å². The maximum atomic E-state index is 6.42. The number of nitrogens with zero attached hydrogens (tertiary/aromatic N) is 1. The summed E-state index contributed by atoms with van der Waals surface area (Å²) in [5, 5.41) is 0. The van der Waals surface area contributed by atoms with E-state index in [0.29, 0.717) is 0 Å². The molecule has 0 aromatic heterocycles. The van der Waals surface area contributed by atoms with Gasteiger partial charge in [0.2, 0.25) is 0 Å². The zero-order valence-corrected chi connectivity index (χ0v) is 17.1. The average Bonchev–Trinajstić information content (AvgIpc) is 2.98. The summed E-state index contributed by atoms with van der Waals surface area (Å²) in [4.78, 5) is 2.50. The molecule has 1 heterocycles. The predicted molar refractivity (Wildman–Crippen MR) is 103 cm³/mol. The maximum Gasteiger partial charge on any atom is 0.168 e. The summed E-state index contributed by atoms with van der Waals surface area (Å²) in [6.45, 7) is 14.6. The Kier molecular flexibility index (Phi) is 9.18. The molecule has 1 aliphatic heterocycles. The van der Waals surface area contributed by atoms with E-state index >= 15 is 0 Å². The van der Waals surface area contributed by atoms with E-state index in [1.165, 1.54) is 25.7 Å². The highest BCUT2D eigenvalue weighted by Crippen LogP contribution is 2.42. The van der Waals surface area contributed by atoms with E-state index in [1.54, 1.807) is 0 Å². The summed E-state index contributed by atoms with van der Waals surface area (Å²) in [5.74, 6) is 1.42. The van der Waals surface area contributed by atoms with Crippen LogP contribution < -0.4 is 0 Å². The summed E-state index contributed by atoms with van der Waals surface area (Å²) in [6, 6.07) is 0. The smallest absolute Gasteiger partial charge is 0.168 e. The summed E-state index contributed by atoms with van der Waals surface area (Å²) in [6.07, 6.45) is 8.59. The molecule has 1 saturated carbocycles. The van der Waals surface area contributed by atoms with Crippen LogP contribution in [0.4, 0.5) is 0 Å². The maximum absolute atomic E-state index is 6.42. The second-order valence-electron chi connectivity index (χ2n) is 8.36. The van der Waals surface area contributed by atoms with Gasteiger partial charge >= 0.3 is 0 Å². The Morgan fingerprint density at radius 3 is 2.52 bits per heavy atom. The Hall–Kier alpha value is -0.160. The number of hydrogen-bond donors (Lipinski definition) is 0. The molecular weight excluding hydrogens is 314 g/mol. The molecule has 0 amide bonds. The fourth-order valence-electron chi connectivity index (χ4n) is 4.36. The second kappa shape index (κ2) is 10.9. The van der Waals surface area contributed by atoms with Crippen molar-refractivity contribution >= 4 is 0 Å². The Bertz CT molecular complexity index is 353. The van der Waals surface area contributed by atoms with E-state index in [2.05, 4.69) is 32.6 Å². The fraction of sp³-hybridized carbons (Fsp3) is 1.00.